The molecule has 4 rings (SSSR count). The first kappa shape index (κ1) is 15.2. The molecule has 4 aromatic rings. The SMILES string of the molecule is O=[N+]([O-])c1ccc2c(C=Nc3cccc4nsnc34)c(O)ccc2c1. The number of phenolic OH excluding ortho intramolecular Hbond substituents is 1. The zero-order valence-electron chi connectivity index (χ0n) is 12.7. The standard InChI is InChI=1S/C17H10N4O3S/c22-16-7-4-10-8-11(21(23)24)5-6-12(10)13(16)9-18-14-2-1-3-15-17(14)20-25-19-15/h1-9,22H. The molecule has 0 bridgehead atoms. The van der Waals surface area contributed by atoms with E-state index in [4.69, 9.17) is 0 Å². The lowest BCUT2D eigenvalue weighted by Gasteiger charge is -2.05. The van der Waals surface area contributed by atoms with Crippen molar-refractivity contribution in [2.45, 2.75) is 0 Å². The summed E-state index contributed by atoms with van der Waals surface area (Å²) in [5.41, 5.74) is 2.59. The highest BCUT2D eigenvalue weighted by atomic mass is 32.1. The van der Waals surface area contributed by atoms with Crippen molar-refractivity contribution in [2.24, 2.45) is 4.99 Å². The molecule has 0 saturated heterocycles. The highest BCUT2D eigenvalue weighted by Crippen LogP contribution is 2.30. The van der Waals surface area contributed by atoms with Gasteiger partial charge in [0.25, 0.3) is 5.69 Å². The van der Waals surface area contributed by atoms with Gasteiger partial charge in [-0.2, -0.15) is 8.75 Å². The molecular formula is C17H10N4O3S. The largest absolute Gasteiger partial charge is 0.507 e. The van der Waals surface area contributed by atoms with Crippen molar-refractivity contribution in [3.05, 3.63) is 64.2 Å². The van der Waals surface area contributed by atoms with Gasteiger partial charge in [0, 0.05) is 23.9 Å². The predicted molar refractivity (Wildman–Crippen MR) is 96.9 cm³/mol. The number of phenols is 1. The molecule has 0 unspecified atom stereocenters. The van der Waals surface area contributed by atoms with E-state index in [1.165, 1.54) is 24.4 Å². The van der Waals surface area contributed by atoms with Gasteiger partial charge in [-0.05, 0) is 35.0 Å². The van der Waals surface area contributed by atoms with Crippen LogP contribution in [0.2, 0.25) is 0 Å². The number of aromatic hydroxyl groups is 1. The average Bonchev–Trinajstić information content (AvgIpc) is 3.09. The Morgan fingerprint density at radius 1 is 1.16 bits per heavy atom. The summed E-state index contributed by atoms with van der Waals surface area (Å²) in [6.45, 7) is 0. The minimum atomic E-state index is -0.448. The number of rotatable bonds is 3. The molecule has 122 valence electrons. The van der Waals surface area contributed by atoms with E-state index in [0.29, 0.717) is 27.5 Å². The molecule has 0 saturated carbocycles. The second-order valence-corrected chi connectivity index (χ2v) is 5.86. The molecule has 25 heavy (non-hydrogen) atoms. The number of non-ortho nitro benzene ring substituents is 1. The molecule has 0 aliphatic carbocycles. The molecule has 7 nitrogen and oxygen atoms in total. The quantitative estimate of drug-likeness (QED) is 0.339. The van der Waals surface area contributed by atoms with E-state index in [-0.39, 0.29) is 11.4 Å². The fourth-order valence-electron chi connectivity index (χ4n) is 2.61. The third-order valence-electron chi connectivity index (χ3n) is 3.83. The molecular weight excluding hydrogens is 340 g/mol. The van der Waals surface area contributed by atoms with Gasteiger partial charge in [-0.3, -0.25) is 15.1 Å². The molecule has 0 fully saturated rings. The van der Waals surface area contributed by atoms with Crippen molar-refractivity contribution in [3.63, 3.8) is 0 Å². The van der Waals surface area contributed by atoms with Crippen LogP contribution in [0.3, 0.4) is 0 Å². The molecule has 0 radical (unpaired) electrons. The summed E-state index contributed by atoms with van der Waals surface area (Å²) in [6, 6.07) is 13.1. The second-order valence-electron chi connectivity index (χ2n) is 5.33. The average molecular weight is 350 g/mol. The molecule has 0 atom stereocenters. The number of nitro groups is 1. The number of nitro benzene ring substituents is 1. The van der Waals surface area contributed by atoms with Gasteiger partial charge in [0.2, 0.25) is 0 Å². The molecule has 0 aliphatic rings. The Kier molecular flexibility index (Phi) is 3.58. The number of hydrogen-bond acceptors (Lipinski definition) is 7. The minimum absolute atomic E-state index is 0.000561. The number of aliphatic imine (C=N–C) groups is 1. The van der Waals surface area contributed by atoms with Crippen LogP contribution in [0, 0.1) is 10.1 Å². The van der Waals surface area contributed by atoms with E-state index in [1.807, 2.05) is 18.2 Å². The van der Waals surface area contributed by atoms with Gasteiger partial charge in [-0.1, -0.05) is 12.1 Å². The van der Waals surface area contributed by atoms with Crippen LogP contribution in [0.25, 0.3) is 21.8 Å². The molecule has 1 aromatic heterocycles. The van der Waals surface area contributed by atoms with Gasteiger partial charge in [-0.25, -0.2) is 0 Å². The Balaban J connectivity index is 1.84. The maximum absolute atomic E-state index is 10.9. The summed E-state index contributed by atoms with van der Waals surface area (Å²) < 4.78 is 8.40. The van der Waals surface area contributed by atoms with Gasteiger partial charge >= 0.3 is 0 Å². The lowest BCUT2D eigenvalue weighted by molar-refractivity contribution is -0.384. The fraction of sp³-hybridized carbons (Fsp3) is 0. The highest BCUT2D eigenvalue weighted by molar-refractivity contribution is 7.00. The van der Waals surface area contributed by atoms with Crippen LogP contribution in [0.1, 0.15) is 5.56 Å². The highest BCUT2D eigenvalue weighted by Gasteiger charge is 2.11. The first-order valence-electron chi connectivity index (χ1n) is 7.29. The molecule has 0 amide bonds. The molecule has 3 aromatic carbocycles. The van der Waals surface area contributed by atoms with Crippen LogP contribution < -0.4 is 0 Å². The molecule has 0 aliphatic heterocycles. The normalized spacial score (nSPS) is 11.5. The van der Waals surface area contributed by atoms with Crippen molar-refractivity contribution in [1.29, 1.82) is 0 Å². The maximum Gasteiger partial charge on any atom is 0.270 e. The zero-order chi connectivity index (χ0) is 17.4. The molecule has 1 heterocycles. The first-order valence-corrected chi connectivity index (χ1v) is 8.02. The summed E-state index contributed by atoms with van der Waals surface area (Å²) in [5.74, 6) is 0.0497. The summed E-state index contributed by atoms with van der Waals surface area (Å²) in [7, 11) is 0. The van der Waals surface area contributed by atoms with Gasteiger partial charge in [0.15, 0.2) is 0 Å². The number of benzene rings is 3. The van der Waals surface area contributed by atoms with Crippen LogP contribution in [-0.2, 0) is 0 Å². The van der Waals surface area contributed by atoms with Gasteiger partial charge in [-0.15, -0.1) is 0 Å². The number of hydrogen-bond donors (Lipinski definition) is 1. The van der Waals surface area contributed by atoms with Crippen molar-refractivity contribution in [2.75, 3.05) is 0 Å². The Hall–Kier alpha value is -3.39. The monoisotopic (exact) mass is 350 g/mol. The van der Waals surface area contributed by atoms with Crippen molar-refractivity contribution in [1.82, 2.24) is 8.75 Å². The molecule has 8 heteroatoms. The number of fused-ring (bicyclic) bond motifs is 2. The predicted octanol–water partition coefficient (Wildman–Crippen LogP) is 4.21. The van der Waals surface area contributed by atoms with Gasteiger partial charge < -0.3 is 5.11 Å². The van der Waals surface area contributed by atoms with Crippen LogP contribution in [0.15, 0.2) is 53.5 Å². The van der Waals surface area contributed by atoms with E-state index in [9.17, 15) is 15.2 Å². The Bertz CT molecular complexity index is 1150. The lowest BCUT2D eigenvalue weighted by Crippen LogP contribution is -1.90. The Labute approximate surface area is 145 Å². The van der Waals surface area contributed by atoms with Gasteiger partial charge in [0.1, 0.15) is 16.8 Å². The van der Waals surface area contributed by atoms with Gasteiger partial charge in [0.05, 0.1) is 22.3 Å². The maximum atomic E-state index is 10.9. The Morgan fingerprint density at radius 2 is 2.04 bits per heavy atom. The molecule has 1 N–H and O–H groups in total. The third kappa shape index (κ3) is 2.68. The smallest absolute Gasteiger partial charge is 0.270 e. The topological polar surface area (TPSA) is 102 Å². The fourth-order valence-corrected chi connectivity index (χ4v) is 3.15. The van der Waals surface area contributed by atoms with E-state index in [1.54, 1.807) is 12.1 Å². The van der Waals surface area contributed by atoms with Crippen molar-refractivity contribution >= 4 is 51.1 Å². The number of nitrogens with zero attached hydrogens (tertiary/aromatic N) is 4. The van der Waals surface area contributed by atoms with Crippen LogP contribution in [0.5, 0.6) is 5.75 Å². The van der Waals surface area contributed by atoms with Crippen LogP contribution in [-0.4, -0.2) is 25.0 Å². The van der Waals surface area contributed by atoms with E-state index >= 15 is 0 Å². The van der Waals surface area contributed by atoms with Crippen LogP contribution >= 0.6 is 11.7 Å². The van der Waals surface area contributed by atoms with Crippen molar-refractivity contribution in [3.8, 4) is 5.75 Å². The summed E-state index contributed by atoms with van der Waals surface area (Å²) in [4.78, 5) is 14.9. The summed E-state index contributed by atoms with van der Waals surface area (Å²) in [5, 5.41) is 22.4. The Morgan fingerprint density at radius 3 is 2.88 bits per heavy atom. The molecule has 0 spiro atoms. The lowest BCUT2D eigenvalue weighted by atomic mass is 10.0. The van der Waals surface area contributed by atoms with Crippen LogP contribution in [0.4, 0.5) is 11.4 Å². The first-order chi connectivity index (χ1) is 12.1. The summed E-state index contributed by atoms with van der Waals surface area (Å²) >= 11 is 1.11. The van der Waals surface area contributed by atoms with E-state index in [0.717, 1.165) is 17.2 Å². The summed E-state index contributed by atoms with van der Waals surface area (Å²) in [6.07, 6.45) is 1.54. The zero-order valence-corrected chi connectivity index (χ0v) is 13.5. The van der Waals surface area contributed by atoms with Crippen molar-refractivity contribution < 1.29 is 10.0 Å². The van der Waals surface area contributed by atoms with E-state index in [2.05, 4.69) is 13.7 Å². The third-order valence-corrected chi connectivity index (χ3v) is 4.37. The van der Waals surface area contributed by atoms with E-state index < -0.39 is 4.92 Å². The second kappa shape index (κ2) is 5.91. The minimum Gasteiger partial charge on any atom is -0.507 e. The number of aromatic nitrogens is 2.